The van der Waals surface area contributed by atoms with E-state index >= 15 is 0 Å². The molecule has 0 spiro atoms. The third-order valence-corrected chi connectivity index (χ3v) is 3.77. The van der Waals surface area contributed by atoms with Crippen LogP contribution in [0.1, 0.15) is 30.8 Å². The van der Waals surface area contributed by atoms with Crippen LogP contribution in [0.25, 0.3) is 0 Å². The van der Waals surface area contributed by atoms with Crippen LogP contribution in [-0.2, 0) is 6.54 Å². The lowest BCUT2D eigenvalue weighted by Crippen LogP contribution is -2.21. The van der Waals surface area contributed by atoms with Crippen molar-refractivity contribution in [3.8, 4) is 0 Å². The average molecular weight is 276 g/mol. The Kier molecular flexibility index (Phi) is 4.61. The van der Waals surface area contributed by atoms with Gasteiger partial charge in [-0.05, 0) is 42.8 Å². The van der Waals surface area contributed by atoms with Gasteiger partial charge in [-0.1, -0.05) is 26.0 Å². The Hall–Kier alpha value is -1.33. The summed E-state index contributed by atoms with van der Waals surface area (Å²) in [5.41, 5.74) is 2.57. The SMILES string of the molecule is Cc1nc(Sc2ccc(CNC(C)C)cc2C)n[nH]1. The number of aryl methyl sites for hydroxylation is 2. The van der Waals surface area contributed by atoms with Gasteiger partial charge in [0.2, 0.25) is 5.16 Å². The first-order valence-corrected chi connectivity index (χ1v) is 7.26. The standard InChI is InChI=1S/C14H20N4S/c1-9(2)15-8-12-5-6-13(10(3)7-12)19-14-16-11(4)17-18-14/h5-7,9,15H,8H2,1-4H3,(H,16,17,18). The van der Waals surface area contributed by atoms with Crippen LogP contribution in [0, 0.1) is 13.8 Å². The van der Waals surface area contributed by atoms with E-state index in [0.717, 1.165) is 17.5 Å². The molecule has 5 heteroatoms. The first-order valence-electron chi connectivity index (χ1n) is 6.44. The zero-order chi connectivity index (χ0) is 13.8. The number of aromatic nitrogens is 3. The summed E-state index contributed by atoms with van der Waals surface area (Å²) in [4.78, 5) is 5.51. The lowest BCUT2D eigenvalue weighted by Gasteiger charge is -2.10. The van der Waals surface area contributed by atoms with E-state index in [4.69, 9.17) is 0 Å². The molecule has 0 amide bonds. The van der Waals surface area contributed by atoms with Crippen LogP contribution < -0.4 is 5.32 Å². The summed E-state index contributed by atoms with van der Waals surface area (Å²) in [7, 11) is 0. The second-order valence-corrected chi connectivity index (χ2v) is 5.95. The van der Waals surface area contributed by atoms with Gasteiger partial charge < -0.3 is 5.32 Å². The van der Waals surface area contributed by atoms with E-state index < -0.39 is 0 Å². The van der Waals surface area contributed by atoms with Crippen LogP contribution in [0.5, 0.6) is 0 Å². The normalized spacial score (nSPS) is 11.2. The number of benzene rings is 1. The summed E-state index contributed by atoms with van der Waals surface area (Å²) in [6, 6.07) is 7.02. The molecule has 0 unspecified atom stereocenters. The molecular formula is C14H20N4S. The molecule has 1 aromatic carbocycles. The predicted octanol–water partition coefficient (Wildman–Crippen LogP) is 3.07. The number of rotatable bonds is 5. The first kappa shape index (κ1) is 14.1. The van der Waals surface area contributed by atoms with Crippen LogP contribution in [-0.4, -0.2) is 21.2 Å². The highest BCUT2D eigenvalue weighted by atomic mass is 32.2. The zero-order valence-electron chi connectivity index (χ0n) is 11.8. The van der Waals surface area contributed by atoms with Crippen LogP contribution in [0.15, 0.2) is 28.3 Å². The smallest absolute Gasteiger partial charge is 0.213 e. The van der Waals surface area contributed by atoms with Crippen LogP contribution in [0.3, 0.4) is 0 Å². The molecule has 0 radical (unpaired) electrons. The third-order valence-electron chi connectivity index (χ3n) is 2.73. The van der Waals surface area contributed by atoms with Crippen molar-refractivity contribution in [2.45, 2.75) is 50.3 Å². The monoisotopic (exact) mass is 276 g/mol. The van der Waals surface area contributed by atoms with E-state index in [9.17, 15) is 0 Å². The van der Waals surface area contributed by atoms with Gasteiger partial charge in [-0.3, -0.25) is 5.10 Å². The van der Waals surface area contributed by atoms with E-state index in [2.05, 4.69) is 59.5 Å². The summed E-state index contributed by atoms with van der Waals surface area (Å²) in [6.45, 7) is 9.25. The molecule has 19 heavy (non-hydrogen) atoms. The Morgan fingerprint density at radius 3 is 2.68 bits per heavy atom. The molecule has 2 N–H and O–H groups in total. The Bertz CT molecular complexity index is 548. The van der Waals surface area contributed by atoms with Gasteiger partial charge in [0, 0.05) is 17.5 Å². The molecular weight excluding hydrogens is 256 g/mol. The Morgan fingerprint density at radius 1 is 1.32 bits per heavy atom. The highest BCUT2D eigenvalue weighted by Gasteiger charge is 2.06. The third kappa shape index (κ3) is 4.08. The fourth-order valence-corrected chi connectivity index (χ4v) is 2.55. The van der Waals surface area contributed by atoms with Crippen LogP contribution >= 0.6 is 11.8 Å². The number of hydrogen-bond acceptors (Lipinski definition) is 4. The molecule has 2 rings (SSSR count). The van der Waals surface area contributed by atoms with Crippen LogP contribution in [0.2, 0.25) is 0 Å². The van der Waals surface area contributed by atoms with Gasteiger partial charge in [-0.25, -0.2) is 4.98 Å². The maximum absolute atomic E-state index is 4.31. The van der Waals surface area contributed by atoms with E-state index in [1.54, 1.807) is 11.8 Å². The fraction of sp³-hybridized carbons (Fsp3) is 0.429. The van der Waals surface area contributed by atoms with Crippen molar-refractivity contribution in [3.63, 3.8) is 0 Å². The summed E-state index contributed by atoms with van der Waals surface area (Å²) in [5, 5.41) is 11.2. The van der Waals surface area contributed by atoms with Gasteiger partial charge in [0.05, 0.1) is 0 Å². The molecule has 0 fully saturated rings. The minimum absolute atomic E-state index is 0.505. The molecule has 0 aliphatic rings. The molecule has 0 atom stereocenters. The van der Waals surface area contributed by atoms with E-state index in [0.29, 0.717) is 6.04 Å². The summed E-state index contributed by atoms with van der Waals surface area (Å²) in [6.07, 6.45) is 0. The summed E-state index contributed by atoms with van der Waals surface area (Å²) >= 11 is 1.59. The van der Waals surface area contributed by atoms with Crippen molar-refractivity contribution in [1.82, 2.24) is 20.5 Å². The molecule has 2 aromatic rings. The minimum atomic E-state index is 0.505. The van der Waals surface area contributed by atoms with E-state index in [-0.39, 0.29) is 0 Å². The fourth-order valence-electron chi connectivity index (χ4n) is 1.72. The number of nitrogens with zero attached hydrogens (tertiary/aromatic N) is 2. The van der Waals surface area contributed by atoms with Crippen LogP contribution in [0.4, 0.5) is 0 Å². The Balaban J connectivity index is 2.06. The van der Waals surface area contributed by atoms with E-state index in [1.165, 1.54) is 16.0 Å². The molecule has 0 bridgehead atoms. The van der Waals surface area contributed by atoms with Gasteiger partial charge in [0.1, 0.15) is 5.82 Å². The Labute approximate surface area is 118 Å². The van der Waals surface area contributed by atoms with Crippen molar-refractivity contribution in [2.24, 2.45) is 0 Å². The van der Waals surface area contributed by atoms with Crippen molar-refractivity contribution < 1.29 is 0 Å². The molecule has 0 aliphatic carbocycles. The van der Waals surface area contributed by atoms with Crippen molar-refractivity contribution in [3.05, 3.63) is 35.2 Å². The second kappa shape index (κ2) is 6.21. The minimum Gasteiger partial charge on any atom is -0.310 e. The van der Waals surface area contributed by atoms with Crippen molar-refractivity contribution in [2.75, 3.05) is 0 Å². The van der Waals surface area contributed by atoms with Gasteiger partial charge in [0.15, 0.2) is 0 Å². The highest BCUT2D eigenvalue weighted by molar-refractivity contribution is 7.99. The maximum atomic E-state index is 4.31. The summed E-state index contributed by atoms with van der Waals surface area (Å²) in [5.74, 6) is 0.845. The molecule has 1 heterocycles. The zero-order valence-corrected chi connectivity index (χ0v) is 12.6. The van der Waals surface area contributed by atoms with Crippen molar-refractivity contribution >= 4 is 11.8 Å². The molecule has 1 aromatic heterocycles. The topological polar surface area (TPSA) is 53.6 Å². The largest absolute Gasteiger partial charge is 0.310 e. The predicted molar refractivity (Wildman–Crippen MR) is 78.4 cm³/mol. The molecule has 0 aliphatic heterocycles. The maximum Gasteiger partial charge on any atom is 0.213 e. The quantitative estimate of drug-likeness (QED) is 0.881. The number of hydrogen-bond donors (Lipinski definition) is 2. The lowest BCUT2D eigenvalue weighted by molar-refractivity contribution is 0.588. The number of nitrogens with one attached hydrogen (secondary N) is 2. The van der Waals surface area contributed by atoms with E-state index in [1.807, 2.05) is 6.92 Å². The molecule has 4 nitrogen and oxygen atoms in total. The Morgan fingerprint density at radius 2 is 2.11 bits per heavy atom. The first-order chi connectivity index (χ1) is 9.04. The summed E-state index contributed by atoms with van der Waals surface area (Å²) < 4.78 is 0. The molecule has 0 saturated heterocycles. The van der Waals surface area contributed by atoms with Gasteiger partial charge >= 0.3 is 0 Å². The number of H-pyrrole nitrogens is 1. The second-order valence-electron chi connectivity index (χ2n) is 4.94. The van der Waals surface area contributed by atoms with Gasteiger partial charge in [0.25, 0.3) is 0 Å². The van der Waals surface area contributed by atoms with Gasteiger partial charge in [-0.15, -0.1) is 5.10 Å². The van der Waals surface area contributed by atoms with Gasteiger partial charge in [-0.2, -0.15) is 0 Å². The lowest BCUT2D eigenvalue weighted by atomic mass is 10.1. The highest BCUT2D eigenvalue weighted by Crippen LogP contribution is 2.28. The molecule has 0 saturated carbocycles. The van der Waals surface area contributed by atoms with Crippen molar-refractivity contribution in [1.29, 1.82) is 0 Å². The average Bonchev–Trinajstić information content (AvgIpc) is 2.75. The number of aromatic amines is 1. The molecule has 102 valence electrons.